The molecule has 68 valence electrons. The maximum atomic E-state index is 10.2. The van der Waals surface area contributed by atoms with Crippen molar-refractivity contribution in [2.45, 2.75) is 25.0 Å². The molecule has 1 saturated heterocycles. The van der Waals surface area contributed by atoms with E-state index in [0.29, 0.717) is 11.0 Å². The Morgan fingerprint density at radius 1 is 1.75 bits per heavy atom. The second-order valence-corrected chi connectivity index (χ2v) is 4.10. The van der Waals surface area contributed by atoms with Gasteiger partial charge in [-0.3, -0.25) is 0 Å². The number of nitrogens with one attached hydrogen (secondary N) is 1. The third-order valence-electron chi connectivity index (χ3n) is 3.14. The summed E-state index contributed by atoms with van der Waals surface area (Å²) in [6, 6.07) is 0. The van der Waals surface area contributed by atoms with Gasteiger partial charge in [-0.1, -0.05) is 0 Å². The molecule has 0 radical (unpaired) electrons. The molecule has 12 heavy (non-hydrogen) atoms. The fourth-order valence-electron chi connectivity index (χ4n) is 2.26. The summed E-state index contributed by atoms with van der Waals surface area (Å²) in [5.74, 6) is 0.356. The van der Waals surface area contributed by atoms with Crippen molar-refractivity contribution in [3.05, 3.63) is 0 Å². The summed E-state index contributed by atoms with van der Waals surface area (Å²) in [5, 5.41) is 14.1. The Hall–Kier alpha value is -0.350. The standard InChI is InChI=1S/C8H14N2OS/c1-10-7(12)9-5-6-3-2-4-8(6,10)11/h6,11H,2-5H2,1H3,(H,9,12). The van der Waals surface area contributed by atoms with E-state index in [-0.39, 0.29) is 0 Å². The fourth-order valence-corrected chi connectivity index (χ4v) is 2.50. The Balaban J connectivity index is 2.25. The van der Waals surface area contributed by atoms with Crippen LogP contribution in [0.15, 0.2) is 0 Å². The molecule has 1 aliphatic heterocycles. The second-order valence-electron chi connectivity index (χ2n) is 3.71. The van der Waals surface area contributed by atoms with Gasteiger partial charge in [0.25, 0.3) is 0 Å². The lowest BCUT2D eigenvalue weighted by atomic mass is 9.96. The van der Waals surface area contributed by atoms with E-state index in [1.807, 2.05) is 11.9 Å². The number of nitrogens with zero attached hydrogens (tertiary/aromatic N) is 1. The minimum Gasteiger partial charge on any atom is -0.370 e. The van der Waals surface area contributed by atoms with E-state index >= 15 is 0 Å². The summed E-state index contributed by atoms with van der Waals surface area (Å²) in [5.41, 5.74) is -0.650. The molecule has 2 aliphatic rings. The second kappa shape index (κ2) is 2.57. The lowest BCUT2D eigenvalue weighted by Crippen LogP contribution is -2.62. The van der Waals surface area contributed by atoms with Gasteiger partial charge in [-0.05, 0) is 31.5 Å². The molecule has 0 bridgehead atoms. The van der Waals surface area contributed by atoms with Crippen LogP contribution >= 0.6 is 12.2 Å². The van der Waals surface area contributed by atoms with Crippen LogP contribution in [0.2, 0.25) is 0 Å². The highest BCUT2D eigenvalue weighted by atomic mass is 32.1. The largest absolute Gasteiger partial charge is 0.370 e. The smallest absolute Gasteiger partial charge is 0.170 e. The summed E-state index contributed by atoms with van der Waals surface area (Å²) in [7, 11) is 1.87. The van der Waals surface area contributed by atoms with Crippen LogP contribution in [0.1, 0.15) is 19.3 Å². The van der Waals surface area contributed by atoms with E-state index in [0.717, 1.165) is 25.8 Å². The molecule has 3 nitrogen and oxygen atoms in total. The molecule has 2 atom stereocenters. The van der Waals surface area contributed by atoms with Crippen molar-refractivity contribution in [1.82, 2.24) is 10.2 Å². The molecule has 0 aromatic rings. The predicted octanol–water partition coefficient (Wildman–Crippen LogP) is 0.295. The topological polar surface area (TPSA) is 35.5 Å². The van der Waals surface area contributed by atoms with Crippen molar-refractivity contribution in [2.24, 2.45) is 5.92 Å². The molecule has 1 aliphatic carbocycles. The van der Waals surface area contributed by atoms with E-state index in [2.05, 4.69) is 5.32 Å². The molecule has 0 spiro atoms. The Kier molecular flexibility index (Phi) is 1.77. The SMILES string of the molecule is CN1C(=S)NCC2CCCC21O. The van der Waals surface area contributed by atoms with Gasteiger partial charge in [0.15, 0.2) is 5.11 Å². The van der Waals surface area contributed by atoms with E-state index in [4.69, 9.17) is 12.2 Å². The number of fused-ring (bicyclic) bond motifs is 1. The summed E-state index contributed by atoms with van der Waals surface area (Å²) >= 11 is 5.08. The van der Waals surface area contributed by atoms with Crippen LogP contribution in [-0.2, 0) is 0 Å². The first-order valence-corrected chi connectivity index (χ1v) is 4.79. The van der Waals surface area contributed by atoms with Crippen LogP contribution in [0.25, 0.3) is 0 Å². The monoisotopic (exact) mass is 186 g/mol. The molecule has 2 unspecified atom stereocenters. The molecule has 2 fully saturated rings. The molecule has 0 amide bonds. The zero-order valence-corrected chi connectivity index (χ0v) is 8.02. The van der Waals surface area contributed by atoms with Crippen molar-refractivity contribution < 1.29 is 5.11 Å². The summed E-state index contributed by atoms with van der Waals surface area (Å²) < 4.78 is 0. The van der Waals surface area contributed by atoms with Crippen molar-refractivity contribution in [1.29, 1.82) is 0 Å². The molecule has 2 rings (SSSR count). The highest BCUT2D eigenvalue weighted by molar-refractivity contribution is 7.80. The highest BCUT2D eigenvalue weighted by Crippen LogP contribution is 2.39. The Labute approximate surface area is 77.7 Å². The van der Waals surface area contributed by atoms with Gasteiger partial charge < -0.3 is 15.3 Å². The van der Waals surface area contributed by atoms with Crippen LogP contribution in [-0.4, -0.2) is 34.4 Å². The average molecular weight is 186 g/mol. The number of hydrogen-bond donors (Lipinski definition) is 2. The van der Waals surface area contributed by atoms with Crippen molar-refractivity contribution >= 4 is 17.3 Å². The lowest BCUT2D eigenvalue weighted by molar-refractivity contribution is -0.0972. The number of thiocarbonyl (C=S) groups is 1. The Morgan fingerprint density at radius 2 is 2.50 bits per heavy atom. The quantitative estimate of drug-likeness (QED) is 0.533. The van der Waals surface area contributed by atoms with Gasteiger partial charge in [-0.15, -0.1) is 0 Å². The molecular formula is C8H14N2OS. The Bertz CT molecular complexity index is 221. The third kappa shape index (κ3) is 0.944. The van der Waals surface area contributed by atoms with Gasteiger partial charge in [-0.2, -0.15) is 0 Å². The van der Waals surface area contributed by atoms with Gasteiger partial charge in [-0.25, -0.2) is 0 Å². The van der Waals surface area contributed by atoms with Crippen molar-refractivity contribution in [2.75, 3.05) is 13.6 Å². The van der Waals surface area contributed by atoms with Gasteiger partial charge in [0.05, 0.1) is 0 Å². The van der Waals surface area contributed by atoms with Crippen LogP contribution in [0, 0.1) is 5.92 Å². The molecule has 4 heteroatoms. The molecule has 0 aromatic heterocycles. The highest BCUT2D eigenvalue weighted by Gasteiger charge is 2.47. The molecular weight excluding hydrogens is 172 g/mol. The lowest BCUT2D eigenvalue weighted by Gasteiger charge is -2.44. The van der Waals surface area contributed by atoms with Crippen LogP contribution in [0.5, 0.6) is 0 Å². The van der Waals surface area contributed by atoms with Gasteiger partial charge in [0, 0.05) is 19.5 Å². The first-order chi connectivity index (χ1) is 5.64. The van der Waals surface area contributed by atoms with E-state index in [1.54, 1.807) is 0 Å². The summed E-state index contributed by atoms with van der Waals surface area (Å²) in [4.78, 5) is 1.81. The van der Waals surface area contributed by atoms with Crippen LogP contribution in [0.4, 0.5) is 0 Å². The minimum absolute atomic E-state index is 0.356. The maximum Gasteiger partial charge on any atom is 0.170 e. The van der Waals surface area contributed by atoms with Crippen LogP contribution < -0.4 is 5.32 Å². The van der Waals surface area contributed by atoms with Gasteiger partial charge >= 0.3 is 0 Å². The van der Waals surface area contributed by atoms with Crippen LogP contribution in [0.3, 0.4) is 0 Å². The Morgan fingerprint density at radius 3 is 3.25 bits per heavy atom. The van der Waals surface area contributed by atoms with E-state index < -0.39 is 5.72 Å². The van der Waals surface area contributed by atoms with E-state index in [1.165, 1.54) is 0 Å². The molecule has 2 N–H and O–H groups in total. The summed E-state index contributed by atoms with van der Waals surface area (Å²) in [6.07, 6.45) is 3.07. The zero-order valence-electron chi connectivity index (χ0n) is 7.21. The van der Waals surface area contributed by atoms with E-state index in [9.17, 15) is 5.11 Å². The zero-order chi connectivity index (χ0) is 8.77. The molecule has 1 heterocycles. The summed E-state index contributed by atoms with van der Waals surface area (Å²) in [6.45, 7) is 0.833. The van der Waals surface area contributed by atoms with Crippen molar-refractivity contribution in [3.8, 4) is 0 Å². The number of aliphatic hydroxyl groups is 1. The third-order valence-corrected chi connectivity index (χ3v) is 3.55. The fraction of sp³-hybridized carbons (Fsp3) is 0.875. The normalized spacial score (nSPS) is 41.0. The minimum atomic E-state index is -0.650. The first kappa shape index (κ1) is 8.26. The van der Waals surface area contributed by atoms with Gasteiger partial charge in [0.2, 0.25) is 0 Å². The number of rotatable bonds is 0. The average Bonchev–Trinajstić information content (AvgIpc) is 2.42. The van der Waals surface area contributed by atoms with Crippen molar-refractivity contribution in [3.63, 3.8) is 0 Å². The maximum absolute atomic E-state index is 10.2. The number of hydrogen-bond acceptors (Lipinski definition) is 2. The predicted molar refractivity (Wildman–Crippen MR) is 50.7 cm³/mol. The first-order valence-electron chi connectivity index (χ1n) is 4.38. The molecule has 0 aromatic carbocycles. The van der Waals surface area contributed by atoms with Gasteiger partial charge in [0.1, 0.15) is 5.72 Å². The molecule has 1 saturated carbocycles.